The predicted octanol–water partition coefficient (Wildman–Crippen LogP) is 1.14. The van der Waals surface area contributed by atoms with Gasteiger partial charge in [0.25, 0.3) is 0 Å². The molecule has 1 aliphatic rings. The molecule has 0 bridgehead atoms. The highest BCUT2D eigenvalue weighted by atomic mass is 16.5. The molecule has 0 aliphatic carbocycles. The Labute approximate surface area is 90.0 Å². The zero-order valence-corrected chi connectivity index (χ0v) is 9.02. The normalized spacial score (nSPS) is 20.5. The smallest absolute Gasteiger partial charge is 0.0738 e. The summed E-state index contributed by atoms with van der Waals surface area (Å²) in [5.41, 5.74) is 7.65. The van der Waals surface area contributed by atoms with E-state index in [-0.39, 0.29) is 0 Å². The standard InChI is InChI=1S/C11H17N3O/c1-14(7-9-3-5-15-8-9)11-2-4-13-6-10(11)12/h2,4,6,9H,3,5,7-8,12H2,1H3. The molecule has 2 N–H and O–H groups in total. The van der Waals surface area contributed by atoms with E-state index in [0.29, 0.717) is 5.92 Å². The highest BCUT2D eigenvalue weighted by Crippen LogP contribution is 2.22. The van der Waals surface area contributed by atoms with Crippen LogP contribution < -0.4 is 10.6 Å². The number of nitrogens with two attached hydrogens (primary N) is 1. The Bertz CT molecular complexity index is 323. The Morgan fingerprint density at radius 1 is 1.67 bits per heavy atom. The van der Waals surface area contributed by atoms with Crippen LogP contribution in [-0.2, 0) is 4.74 Å². The maximum absolute atomic E-state index is 5.86. The topological polar surface area (TPSA) is 51.4 Å². The zero-order chi connectivity index (χ0) is 10.7. The molecule has 1 unspecified atom stereocenters. The van der Waals surface area contributed by atoms with Crippen LogP contribution >= 0.6 is 0 Å². The molecule has 82 valence electrons. The van der Waals surface area contributed by atoms with E-state index < -0.39 is 0 Å². The van der Waals surface area contributed by atoms with Crippen LogP contribution in [0, 0.1) is 5.92 Å². The fraction of sp³-hybridized carbons (Fsp3) is 0.545. The summed E-state index contributed by atoms with van der Waals surface area (Å²) in [5, 5.41) is 0. The fourth-order valence-electron chi connectivity index (χ4n) is 1.96. The first-order chi connectivity index (χ1) is 7.27. The molecule has 4 heteroatoms. The minimum Gasteiger partial charge on any atom is -0.396 e. The third kappa shape index (κ3) is 2.39. The van der Waals surface area contributed by atoms with Crippen molar-refractivity contribution < 1.29 is 4.74 Å². The lowest BCUT2D eigenvalue weighted by Crippen LogP contribution is -2.26. The van der Waals surface area contributed by atoms with Gasteiger partial charge in [0.1, 0.15) is 0 Å². The minimum atomic E-state index is 0.627. The molecule has 1 saturated heterocycles. The molecular weight excluding hydrogens is 190 g/mol. The highest BCUT2D eigenvalue weighted by Gasteiger charge is 2.18. The van der Waals surface area contributed by atoms with Crippen LogP contribution in [0.15, 0.2) is 18.5 Å². The SMILES string of the molecule is CN(CC1CCOC1)c1ccncc1N. The first-order valence-corrected chi connectivity index (χ1v) is 5.25. The van der Waals surface area contributed by atoms with Crippen molar-refractivity contribution in [3.8, 4) is 0 Å². The third-order valence-electron chi connectivity index (χ3n) is 2.80. The number of pyridine rings is 1. The number of anilines is 2. The van der Waals surface area contributed by atoms with E-state index in [0.717, 1.165) is 37.6 Å². The molecule has 0 amide bonds. The van der Waals surface area contributed by atoms with Crippen molar-refractivity contribution in [2.75, 3.05) is 37.4 Å². The second kappa shape index (κ2) is 4.49. The number of aromatic nitrogens is 1. The summed E-state index contributed by atoms with van der Waals surface area (Å²) in [4.78, 5) is 6.16. The Morgan fingerprint density at radius 3 is 3.20 bits per heavy atom. The van der Waals surface area contributed by atoms with Gasteiger partial charge in [0.05, 0.1) is 24.2 Å². The van der Waals surface area contributed by atoms with Crippen molar-refractivity contribution in [2.45, 2.75) is 6.42 Å². The van der Waals surface area contributed by atoms with E-state index in [9.17, 15) is 0 Å². The van der Waals surface area contributed by atoms with Crippen molar-refractivity contribution >= 4 is 11.4 Å². The molecule has 1 aromatic rings. The Hall–Kier alpha value is -1.29. The summed E-state index contributed by atoms with van der Waals surface area (Å²) in [7, 11) is 2.06. The fourth-order valence-corrected chi connectivity index (χ4v) is 1.96. The van der Waals surface area contributed by atoms with Crippen molar-refractivity contribution in [3.63, 3.8) is 0 Å². The molecule has 4 nitrogen and oxygen atoms in total. The van der Waals surface area contributed by atoms with Gasteiger partial charge in [-0.2, -0.15) is 0 Å². The van der Waals surface area contributed by atoms with Gasteiger partial charge < -0.3 is 15.4 Å². The monoisotopic (exact) mass is 207 g/mol. The van der Waals surface area contributed by atoms with Crippen LogP contribution in [0.3, 0.4) is 0 Å². The van der Waals surface area contributed by atoms with Crippen molar-refractivity contribution in [3.05, 3.63) is 18.5 Å². The van der Waals surface area contributed by atoms with Crippen LogP contribution in [0.2, 0.25) is 0 Å². The van der Waals surface area contributed by atoms with E-state index >= 15 is 0 Å². The molecule has 0 radical (unpaired) electrons. The zero-order valence-electron chi connectivity index (χ0n) is 9.02. The summed E-state index contributed by atoms with van der Waals surface area (Å²) < 4.78 is 5.35. The van der Waals surface area contributed by atoms with Crippen molar-refractivity contribution in [2.24, 2.45) is 5.92 Å². The number of nitrogen functional groups attached to an aromatic ring is 1. The van der Waals surface area contributed by atoms with Crippen LogP contribution in [0.5, 0.6) is 0 Å². The summed E-state index contributed by atoms with van der Waals surface area (Å²) in [5.74, 6) is 0.627. The molecule has 1 atom stereocenters. The van der Waals surface area contributed by atoms with Gasteiger partial charge in [-0.05, 0) is 12.5 Å². The largest absolute Gasteiger partial charge is 0.396 e. The first kappa shape index (κ1) is 10.2. The van der Waals surface area contributed by atoms with Gasteiger partial charge in [0, 0.05) is 32.3 Å². The Balaban J connectivity index is 2.00. The number of rotatable bonds is 3. The van der Waals surface area contributed by atoms with Gasteiger partial charge in [0.15, 0.2) is 0 Å². The molecule has 1 aromatic heterocycles. The average molecular weight is 207 g/mol. The maximum atomic E-state index is 5.86. The summed E-state index contributed by atoms with van der Waals surface area (Å²) in [6, 6.07) is 1.95. The van der Waals surface area contributed by atoms with E-state index in [1.54, 1.807) is 12.4 Å². The quantitative estimate of drug-likeness (QED) is 0.807. The summed E-state index contributed by atoms with van der Waals surface area (Å²) in [6.45, 7) is 2.76. The first-order valence-electron chi connectivity index (χ1n) is 5.25. The van der Waals surface area contributed by atoms with Gasteiger partial charge >= 0.3 is 0 Å². The molecule has 2 rings (SSSR count). The van der Waals surface area contributed by atoms with Crippen LogP contribution in [0.1, 0.15) is 6.42 Å². The number of hydrogen-bond donors (Lipinski definition) is 1. The van der Waals surface area contributed by atoms with Crippen LogP contribution in [0.25, 0.3) is 0 Å². The lowest BCUT2D eigenvalue weighted by molar-refractivity contribution is 0.186. The lowest BCUT2D eigenvalue weighted by atomic mass is 10.1. The van der Waals surface area contributed by atoms with E-state index in [2.05, 4.69) is 16.9 Å². The lowest BCUT2D eigenvalue weighted by Gasteiger charge is -2.23. The molecule has 1 aliphatic heterocycles. The predicted molar refractivity (Wildman–Crippen MR) is 60.8 cm³/mol. The molecule has 0 aromatic carbocycles. The number of ether oxygens (including phenoxy) is 1. The molecule has 0 spiro atoms. The minimum absolute atomic E-state index is 0.627. The maximum Gasteiger partial charge on any atom is 0.0738 e. The average Bonchev–Trinajstić information content (AvgIpc) is 2.71. The van der Waals surface area contributed by atoms with Crippen LogP contribution in [-0.4, -0.2) is 31.8 Å². The van der Waals surface area contributed by atoms with Crippen molar-refractivity contribution in [1.82, 2.24) is 4.98 Å². The number of hydrogen-bond acceptors (Lipinski definition) is 4. The van der Waals surface area contributed by atoms with E-state index in [1.807, 2.05) is 6.07 Å². The van der Waals surface area contributed by atoms with E-state index in [1.165, 1.54) is 0 Å². The molecule has 2 heterocycles. The van der Waals surface area contributed by atoms with Gasteiger partial charge in [0.2, 0.25) is 0 Å². The molecular formula is C11H17N3O. The highest BCUT2D eigenvalue weighted by molar-refractivity contribution is 5.65. The summed E-state index contributed by atoms with van der Waals surface area (Å²) >= 11 is 0. The van der Waals surface area contributed by atoms with Crippen molar-refractivity contribution in [1.29, 1.82) is 0 Å². The van der Waals surface area contributed by atoms with Gasteiger partial charge in [-0.25, -0.2) is 0 Å². The number of nitrogens with zero attached hydrogens (tertiary/aromatic N) is 2. The molecule has 0 saturated carbocycles. The van der Waals surface area contributed by atoms with Gasteiger partial charge in [-0.3, -0.25) is 4.98 Å². The second-order valence-electron chi connectivity index (χ2n) is 4.04. The van der Waals surface area contributed by atoms with Gasteiger partial charge in [-0.1, -0.05) is 0 Å². The summed E-state index contributed by atoms with van der Waals surface area (Å²) in [6.07, 6.45) is 4.61. The second-order valence-corrected chi connectivity index (χ2v) is 4.04. The van der Waals surface area contributed by atoms with E-state index in [4.69, 9.17) is 10.5 Å². The molecule has 1 fully saturated rings. The Kier molecular flexibility index (Phi) is 3.06. The molecule has 15 heavy (non-hydrogen) atoms. The van der Waals surface area contributed by atoms with Crippen LogP contribution in [0.4, 0.5) is 11.4 Å². The third-order valence-corrected chi connectivity index (χ3v) is 2.80. The van der Waals surface area contributed by atoms with Gasteiger partial charge in [-0.15, -0.1) is 0 Å². The Morgan fingerprint density at radius 2 is 2.53 bits per heavy atom.